The van der Waals surface area contributed by atoms with Crippen LogP contribution in [0.1, 0.15) is 36.8 Å². The van der Waals surface area contributed by atoms with Gasteiger partial charge < -0.3 is 19.9 Å². The summed E-state index contributed by atoms with van der Waals surface area (Å²) < 4.78 is 38.6. The molecule has 9 heteroatoms. The Hall–Kier alpha value is -3.85. The number of benzene rings is 2. The van der Waals surface area contributed by atoms with Crippen molar-refractivity contribution in [1.29, 1.82) is 0 Å². The number of carbonyl (C=O) groups is 2. The number of hydrogen-bond acceptors (Lipinski definition) is 5. The maximum atomic E-state index is 13.8. The number of nitrogens with zero attached hydrogens (tertiary/aromatic N) is 1. The molecule has 7 nitrogen and oxygen atoms in total. The molecule has 1 amide bonds. The average molecular weight is 511 g/mol. The maximum absolute atomic E-state index is 13.8. The summed E-state index contributed by atoms with van der Waals surface area (Å²) >= 11 is 0. The van der Waals surface area contributed by atoms with Crippen molar-refractivity contribution in [2.75, 3.05) is 7.11 Å². The third-order valence-corrected chi connectivity index (χ3v) is 6.45. The molecule has 1 saturated heterocycles. The van der Waals surface area contributed by atoms with Crippen molar-refractivity contribution in [2.45, 2.75) is 50.4 Å². The number of hydrogen-bond donors (Lipinski definition) is 2. The Morgan fingerprint density at radius 1 is 1.22 bits per heavy atom. The lowest BCUT2D eigenvalue weighted by Gasteiger charge is -2.36. The number of nitrogens with one attached hydrogen (secondary N) is 1. The Morgan fingerprint density at radius 2 is 2.05 bits per heavy atom. The lowest BCUT2D eigenvalue weighted by Crippen LogP contribution is -2.49. The highest BCUT2D eigenvalue weighted by Crippen LogP contribution is 2.28. The van der Waals surface area contributed by atoms with E-state index in [0.29, 0.717) is 31.4 Å². The van der Waals surface area contributed by atoms with Crippen molar-refractivity contribution in [3.05, 3.63) is 77.5 Å². The summed E-state index contributed by atoms with van der Waals surface area (Å²) in [5, 5.41) is 13.1. The molecule has 0 bridgehead atoms. The van der Waals surface area contributed by atoms with Crippen LogP contribution in [0.15, 0.2) is 54.7 Å². The summed E-state index contributed by atoms with van der Waals surface area (Å²) in [6.45, 7) is 0. The van der Waals surface area contributed by atoms with Gasteiger partial charge in [0.1, 0.15) is 17.4 Å². The van der Waals surface area contributed by atoms with Crippen molar-refractivity contribution < 1.29 is 33.0 Å². The number of methoxy groups -OCH3 is 1. The van der Waals surface area contributed by atoms with Gasteiger partial charge in [0.25, 0.3) is 0 Å². The SMILES string of the molecule is COc1cnc2cccc(CC[C@@H]3CC[C@@H](NC(=O)C=Cc4cc(F)ccc4F)[C@@H](CC(=O)O)O3)c2c1. The van der Waals surface area contributed by atoms with Gasteiger partial charge in [-0.1, -0.05) is 12.1 Å². The van der Waals surface area contributed by atoms with Crippen LogP contribution >= 0.6 is 0 Å². The normalized spacial score (nSPS) is 19.7. The number of pyridine rings is 1. The second-order valence-corrected chi connectivity index (χ2v) is 8.98. The van der Waals surface area contributed by atoms with Crippen molar-refractivity contribution in [3.8, 4) is 5.75 Å². The van der Waals surface area contributed by atoms with E-state index in [1.165, 1.54) is 6.08 Å². The molecule has 37 heavy (non-hydrogen) atoms. The molecular formula is C28H28F2N2O5. The zero-order valence-corrected chi connectivity index (χ0v) is 20.3. The molecule has 1 aliphatic heterocycles. The molecule has 1 aliphatic rings. The van der Waals surface area contributed by atoms with Crippen LogP contribution in [-0.4, -0.2) is 47.3 Å². The molecule has 3 aromatic rings. The minimum Gasteiger partial charge on any atom is -0.495 e. The number of fused-ring (bicyclic) bond motifs is 1. The largest absolute Gasteiger partial charge is 0.495 e. The molecule has 2 N–H and O–H groups in total. The van der Waals surface area contributed by atoms with Crippen molar-refractivity contribution in [2.24, 2.45) is 0 Å². The van der Waals surface area contributed by atoms with Crippen molar-refractivity contribution >= 4 is 28.9 Å². The Bertz CT molecular complexity index is 1310. The van der Waals surface area contributed by atoms with E-state index in [1.807, 2.05) is 24.3 Å². The van der Waals surface area contributed by atoms with Gasteiger partial charge in [-0.05, 0) is 67.7 Å². The summed E-state index contributed by atoms with van der Waals surface area (Å²) in [4.78, 5) is 28.3. The third-order valence-electron chi connectivity index (χ3n) is 6.45. The Kier molecular flexibility index (Phi) is 8.45. The number of carboxylic acids is 1. The van der Waals surface area contributed by atoms with E-state index in [0.717, 1.165) is 40.7 Å². The fourth-order valence-corrected chi connectivity index (χ4v) is 4.58. The lowest BCUT2D eigenvalue weighted by atomic mass is 9.92. The quantitative estimate of drug-likeness (QED) is 0.406. The molecule has 0 radical (unpaired) electrons. The number of carbonyl (C=O) groups excluding carboxylic acids is 1. The van der Waals surface area contributed by atoms with E-state index in [1.54, 1.807) is 13.3 Å². The van der Waals surface area contributed by atoms with Crippen molar-refractivity contribution in [1.82, 2.24) is 10.3 Å². The number of ether oxygens (including phenoxy) is 2. The molecule has 3 atom stereocenters. The van der Waals surface area contributed by atoms with Crippen LogP contribution in [0.25, 0.3) is 17.0 Å². The fraction of sp³-hybridized carbons (Fsp3) is 0.321. The predicted molar refractivity (Wildman–Crippen MR) is 134 cm³/mol. The molecule has 2 heterocycles. The average Bonchev–Trinajstić information content (AvgIpc) is 2.88. The smallest absolute Gasteiger partial charge is 0.306 e. The second kappa shape index (κ2) is 11.9. The van der Waals surface area contributed by atoms with E-state index >= 15 is 0 Å². The number of amides is 1. The summed E-state index contributed by atoms with van der Waals surface area (Å²) in [7, 11) is 1.59. The second-order valence-electron chi connectivity index (χ2n) is 8.98. The van der Waals surface area contributed by atoms with Gasteiger partial charge in [-0.25, -0.2) is 8.78 Å². The topological polar surface area (TPSA) is 97.8 Å². The minimum atomic E-state index is -1.03. The molecule has 0 unspecified atom stereocenters. The van der Waals surface area contributed by atoms with E-state index in [2.05, 4.69) is 10.3 Å². The van der Waals surface area contributed by atoms with E-state index in [9.17, 15) is 23.5 Å². The highest BCUT2D eigenvalue weighted by atomic mass is 19.1. The number of aliphatic carboxylic acids is 1. The van der Waals surface area contributed by atoms with Gasteiger partial charge in [0, 0.05) is 17.0 Å². The Morgan fingerprint density at radius 3 is 2.84 bits per heavy atom. The van der Waals surface area contributed by atoms with Crippen LogP contribution in [0.4, 0.5) is 8.78 Å². The van der Waals surface area contributed by atoms with Gasteiger partial charge in [0.2, 0.25) is 5.91 Å². The first kappa shape index (κ1) is 26.2. The predicted octanol–water partition coefficient (Wildman–Crippen LogP) is 4.67. The number of rotatable bonds is 9. The van der Waals surface area contributed by atoms with Gasteiger partial charge in [-0.2, -0.15) is 0 Å². The minimum absolute atomic E-state index is 0.0570. The molecule has 4 rings (SSSR count). The summed E-state index contributed by atoms with van der Waals surface area (Å²) in [5.41, 5.74) is 1.89. The van der Waals surface area contributed by atoms with Crippen LogP contribution in [0.5, 0.6) is 5.75 Å². The molecule has 2 aromatic carbocycles. The van der Waals surface area contributed by atoms with Gasteiger partial charge >= 0.3 is 5.97 Å². The molecule has 0 saturated carbocycles. The lowest BCUT2D eigenvalue weighted by molar-refractivity contribution is -0.146. The molecule has 194 valence electrons. The van der Waals surface area contributed by atoms with E-state index < -0.39 is 35.7 Å². The summed E-state index contributed by atoms with van der Waals surface area (Å²) in [6, 6.07) is 10.3. The molecule has 0 spiro atoms. The van der Waals surface area contributed by atoms with Gasteiger partial charge in [-0.3, -0.25) is 14.6 Å². The molecule has 1 aromatic heterocycles. The highest BCUT2D eigenvalue weighted by molar-refractivity contribution is 5.92. The fourth-order valence-electron chi connectivity index (χ4n) is 4.58. The van der Waals surface area contributed by atoms with Crippen LogP contribution in [0.3, 0.4) is 0 Å². The molecule has 1 fully saturated rings. The van der Waals surface area contributed by atoms with Gasteiger partial charge in [0.15, 0.2) is 0 Å². The number of aromatic nitrogens is 1. The third kappa shape index (κ3) is 6.89. The number of carboxylic acid groups (broad SMARTS) is 1. The first-order valence-electron chi connectivity index (χ1n) is 12.0. The Labute approximate surface area is 213 Å². The van der Waals surface area contributed by atoms with Crippen molar-refractivity contribution in [3.63, 3.8) is 0 Å². The standard InChI is InChI=1S/C28H28F2N2O5/c1-36-21-14-22-17(3-2-4-24(22)31-16-21)5-8-20-9-11-25(26(37-20)15-28(34)35)32-27(33)12-6-18-13-19(29)7-10-23(18)30/h2-4,6-7,10,12-14,16,20,25-26H,5,8-9,11,15H2,1H3,(H,32,33)(H,34,35)/t20-,25-,26-/m1/s1. The summed E-state index contributed by atoms with van der Waals surface area (Å²) in [5.74, 6) is -2.17. The molecular weight excluding hydrogens is 482 g/mol. The number of aryl methyl sites for hydroxylation is 1. The van der Waals surface area contributed by atoms with Gasteiger partial charge in [-0.15, -0.1) is 0 Å². The zero-order valence-electron chi connectivity index (χ0n) is 20.3. The first-order chi connectivity index (χ1) is 17.8. The maximum Gasteiger partial charge on any atom is 0.306 e. The van der Waals surface area contributed by atoms with E-state index in [4.69, 9.17) is 9.47 Å². The first-order valence-corrected chi connectivity index (χ1v) is 12.0. The molecule has 0 aliphatic carbocycles. The number of halogens is 2. The van der Waals surface area contributed by atoms with Crippen LogP contribution in [0.2, 0.25) is 0 Å². The van der Waals surface area contributed by atoms with Crippen LogP contribution in [0, 0.1) is 11.6 Å². The van der Waals surface area contributed by atoms with E-state index in [-0.39, 0.29) is 18.1 Å². The van der Waals surface area contributed by atoms with Crippen LogP contribution < -0.4 is 10.1 Å². The highest BCUT2D eigenvalue weighted by Gasteiger charge is 2.33. The summed E-state index contributed by atoms with van der Waals surface area (Å²) in [6.07, 6.45) is 5.34. The Balaban J connectivity index is 1.39. The van der Waals surface area contributed by atoms with Crippen LogP contribution in [-0.2, 0) is 20.7 Å². The van der Waals surface area contributed by atoms with Gasteiger partial charge in [0.05, 0.1) is 43.5 Å². The monoisotopic (exact) mass is 510 g/mol. The zero-order chi connectivity index (χ0) is 26.4.